The molecule has 2 unspecified atom stereocenters. The number of benzene rings is 1. The summed E-state index contributed by atoms with van der Waals surface area (Å²) in [4.78, 5) is 13.2. The number of nitrogens with zero attached hydrogens (tertiary/aromatic N) is 1. The lowest BCUT2D eigenvalue weighted by atomic mass is 10.1. The van der Waals surface area contributed by atoms with Gasteiger partial charge in [0.25, 0.3) is 0 Å². The number of hydrogen-bond acceptors (Lipinski definition) is 2. The predicted octanol–water partition coefficient (Wildman–Crippen LogP) is 2.37. The van der Waals surface area contributed by atoms with Gasteiger partial charge in [0.05, 0.1) is 5.56 Å². The van der Waals surface area contributed by atoms with Crippen LogP contribution in [-0.4, -0.2) is 23.7 Å². The highest BCUT2D eigenvalue weighted by atomic mass is 16.4. The van der Waals surface area contributed by atoms with Gasteiger partial charge in [0.15, 0.2) is 0 Å². The minimum absolute atomic E-state index is 0.369. The minimum atomic E-state index is -0.852. The molecule has 2 aliphatic rings. The molecule has 1 N–H and O–H groups in total. The molecular formula is C13H15NO2. The number of hydrogen-bond donors (Lipinski definition) is 1. The predicted molar refractivity (Wildman–Crippen MR) is 61.9 cm³/mol. The van der Waals surface area contributed by atoms with Crippen molar-refractivity contribution in [2.75, 3.05) is 11.4 Å². The standard InChI is InChI=1S/C13H15NO2/c15-13(16)9-3-5-11(6-4-9)14-7-1-2-10-8-12(10)14/h3-6,10,12H,1-2,7-8H2,(H,15,16). The summed E-state index contributed by atoms with van der Waals surface area (Å²) < 4.78 is 0. The van der Waals surface area contributed by atoms with Crippen LogP contribution < -0.4 is 4.90 Å². The maximum absolute atomic E-state index is 10.7. The molecule has 1 heterocycles. The minimum Gasteiger partial charge on any atom is -0.478 e. The Kier molecular flexibility index (Phi) is 2.13. The summed E-state index contributed by atoms with van der Waals surface area (Å²) in [6.45, 7) is 1.12. The van der Waals surface area contributed by atoms with Gasteiger partial charge in [-0.15, -0.1) is 0 Å². The Hall–Kier alpha value is -1.51. The fraction of sp³-hybridized carbons (Fsp3) is 0.462. The summed E-state index contributed by atoms with van der Waals surface area (Å²) in [5, 5.41) is 8.83. The van der Waals surface area contributed by atoms with Gasteiger partial charge in [0.1, 0.15) is 0 Å². The van der Waals surface area contributed by atoms with Gasteiger partial charge in [-0.2, -0.15) is 0 Å². The molecule has 3 heteroatoms. The Labute approximate surface area is 94.7 Å². The van der Waals surface area contributed by atoms with E-state index in [0.29, 0.717) is 5.56 Å². The Bertz CT molecular complexity index is 412. The van der Waals surface area contributed by atoms with Crippen LogP contribution >= 0.6 is 0 Å². The van der Waals surface area contributed by atoms with Gasteiger partial charge in [-0.05, 0) is 49.4 Å². The molecule has 0 bridgehead atoms. The third-order valence-corrected chi connectivity index (χ3v) is 3.71. The molecule has 1 saturated heterocycles. The van der Waals surface area contributed by atoms with E-state index in [0.717, 1.165) is 18.5 Å². The van der Waals surface area contributed by atoms with Gasteiger partial charge in [-0.3, -0.25) is 0 Å². The maximum Gasteiger partial charge on any atom is 0.335 e. The summed E-state index contributed by atoms with van der Waals surface area (Å²) in [6, 6.07) is 7.99. The van der Waals surface area contributed by atoms with Crippen LogP contribution in [0, 0.1) is 5.92 Å². The first-order chi connectivity index (χ1) is 7.75. The van der Waals surface area contributed by atoms with Gasteiger partial charge >= 0.3 is 5.97 Å². The molecule has 2 fully saturated rings. The van der Waals surface area contributed by atoms with E-state index in [2.05, 4.69) is 4.90 Å². The maximum atomic E-state index is 10.7. The number of aromatic carboxylic acids is 1. The number of carboxylic acids is 1. The number of rotatable bonds is 2. The van der Waals surface area contributed by atoms with E-state index in [1.165, 1.54) is 24.9 Å². The first-order valence-corrected chi connectivity index (χ1v) is 5.86. The van der Waals surface area contributed by atoms with Crippen molar-refractivity contribution in [2.45, 2.75) is 25.3 Å². The second kappa shape index (κ2) is 3.51. The van der Waals surface area contributed by atoms with E-state index >= 15 is 0 Å². The third kappa shape index (κ3) is 1.56. The smallest absolute Gasteiger partial charge is 0.335 e. The van der Waals surface area contributed by atoms with Crippen molar-refractivity contribution in [1.82, 2.24) is 0 Å². The van der Waals surface area contributed by atoms with Crippen molar-refractivity contribution < 1.29 is 9.90 Å². The molecule has 1 aromatic carbocycles. The highest BCUT2D eigenvalue weighted by Crippen LogP contribution is 2.44. The largest absolute Gasteiger partial charge is 0.478 e. The molecule has 0 amide bonds. The van der Waals surface area contributed by atoms with Crippen molar-refractivity contribution in [3.63, 3.8) is 0 Å². The molecule has 0 radical (unpaired) electrons. The molecule has 3 rings (SSSR count). The molecule has 1 aliphatic heterocycles. The fourth-order valence-electron chi connectivity index (χ4n) is 2.73. The van der Waals surface area contributed by atoms with Gasteiger partial charge in [0.2, 0.25) is 0 Å². The highest BCUT2D eigenvalue weighted by molar-refractivity contribution is 5.88. The van der Waals surface area contributed by atoms with Crippen LogP contribution in [0.1, 0.15) is 29.6 Å². The average molecular weight is 217 g/mol. The van der Waals surface area contributed by atoms with Gasteiger partial charge in [0, 0.05) is 18.3 Å². The first-order valence-electron chi connectivity index (χ1n) is 5.86. The molecule has 3 nitrogen and oxygen atoms in total. The molecule has 84 valence electrons. The second-order valence-electron chi connectivity index (χ2n) is 4.75. The van der Waals surface area contributed by atoms with Crippen molar-refractivity contribution in [3.8, 4) is 0 Å². The number of carbonyl (C=O) groups is 1. The number of piperidine rings is 1. The van der Waals surface area contributed by atoms with E-state index in [-0.39, 0.29) is 0 Å². The van der Waals surface area contributed by atoms with Crippen molar-refractivity contribution >= 4 is 11.7 Å². The Balaban J connectivity index is 1.81. The zero-order valence-corrected chi connectivity index (χ0v) is 9.10. The first kappa shape index (κ1) is 9.70. The van der Waals surface area contributed by atoms with Crippen molar-refractivity contribution in [3.05, 3.63) is 29.8 Å². The summed E-state index contributed by atoms with van der Waals surface area (Å²) >= 11 is 0. The molecule has 1 aliphatic carbocycles. The van der Waals surface area contributed by atoms with Crippen LogP contribution in [0.3, 0.4) is 0 Å². The lowest BCUT2D eigenvalue weighted by molar-refractivity contribution is 0.0697. The number of fused-ring (bicyclic) bond motifs is 1. The van der Waals surface area contributed by atoms with Crippen LogP contribution in [0.25, 0.3) is 0 Å². The third-order valence-electron chi connectivity index (χ3n) is 3.71. The number of anilines is 1. The molecule has 16 heavy (non-hydrogen) atoms. The Morgan fingerprint density at radius 1 is 1.31 bits per heavy atom. The van der Waals surface area contributed by atoms with Crippen molar-refractivity contribution in [2.24, 2.45) is 5.92 Å². The average Bonchev–Trinajstić information content (AvgIpc) is 3.07. The zero-order valence-electron chi connectivity index (χ0n) is 9.10. The normalized spacial score (nSPS) is 27.4. The molecule has 0 spiro atoms. The van der Waals surface area contributed by atoms with Crippen molar-refractivity contribution in [1.29, 1.82) is 0 Å². The van der Waals surface area contributed by atoms with Crippen LogP contribution in [-0.2, 0) is 0 Å². The lowest BCUT2D eigenvalue weighted by Crippen LogP contribution is -2.31. The quantitative estimate of drug-likeness (QED) is 0.826. The number of carboxylic acid groups (broad SMARTS) is 1. The SMILES string of the molecule is O=C(O)c1ccc(N2CCCC3CC32)cc1. The Morgan fingerprint density at radius 2 is 2.06 bits per heavy atom. The van der Waals surface area contributed by atoms with E-state index in [1.54, 1.807) is 12.1 Å². The van der Waals surface area contributed by atoms with E-state index in [1.807, 2.05) is 12.1 Å². The van der Waals surface area contributed by atoms with Gasteiger partial charge in [-0.25, -0.2) is 4.79 Å². The summed E-state index contributed by atoms with van der Waals surface area (Å²) in [5.74, 6) is 0.0439. The lowest BCUT2D eigenvalue weighted by Gasteiger charge is -2.28. The monoisotopic (exact) mass is 217 g/mol. The fourth-order valence-corrected chi connectivity index (χ4v) is 2.73. The van der Waals surface area contributed by atoms with Gasteiger partial charge in [-0.1, -0.05) is 0 Å². The van der Waals surface area contributed by atoms with Crippen LogP contribution in [0.4, 0.5) is 5.69 Å². The summed E-state index contributed by atoms with van der Waals surface area (Å²) in [6.07, 6.45) is 3.96. The van der Waals surface area contributed by atoms with Crippen LogP contribution in [0.5, 0.6) is 0 Å². The topological polar surface area (TPSA) is 40.5 Å². The second-order valence-corrected chi connectivity index (χ2v) is 4.75. The Morgan fingerprint density at radius 3 is 2.75 bits per heavy atom. The molecular weight excluding hydrogens is 202 g/mol. The molecule has 0 aromatic heterocycles. The van der Waals surface area contributed by atoms with Crippen LogP contribution in [0.15, 0.2) is 24.3 Å². The van der Waals surface area contributed by atoms with E-state index < -0.39 is 5.97 Å². The van der Waals surface area contributed by atoms with E-state index in [4.69, 9.17) is 5.11 Å². The summed E-state index contributed by atoms with van der Waals surface area (Å²) in [5.41, 5.74) is 1.55. The molecule has 1 saturated carbocycles. The summed E-state index contributed by atoms with van der Waals surface area (Å²) in [7, 11) is 0. The van der Waals surface area contributed by atoms with Gasteiger partial charge < -0.3 is 10.0 Å². The zero-order chi connectivity index (χ0) is 11.1. The van der Waals surface area contributed by atoms with Crippen LogP contribution in [0.2, 0.25) is 0 Å². The van der Waals surface area contributed by atoms with E-state index in [9.17, 15) is 4.79 Å². The molecule has 1 aromatic rings. The highest BCUT2D eigenvalue weighted by Gasteiger charge is 2.43. The molecule has 2 atom stereocenters.